The van der Waals surface area contributed by atoms with Crippen LogP contribution < -0.4 is 0 Å². The predicted octanol–water partition coefficient (Wildman–Crippen LogP) is 5.87. The molecule has 0 unspecified atom stereocenters. The third kappa shape index (κ3) is 20.4. The number of aliphatic carboxylic acids is 3. The quantitative estimate of drug-likeness (QED) is 0.0923. The Labute approximate surface area is 200 Å². The largest absolute Gasteiger partial charge is 0.481 e. The normalized spacial score (nSPS) is 11.8. The van der Waals surface area contributed by atoms with E-state index in [2.05, 4.69) is 19.1 Å². The van der Waals surface area contributed by atoms with Crippen LogP contribution in [0.4, 0.5) is 0 Å². The van der Waals surface area contributed by atoms with Gasteiger partial charge in [-0.3, -0.25) is 14.4 Å². The highest BCUT2D eigenvalue weighted by Gasteiger charge is 2.29. The summed E-state index contributed by atoms with van der Waals surface area (Å²) in [6.45, 7) is 3.62. The van der Waals surface area contributed by atoms with Gasteiger partial charge in [-0.15, -0.1) is 0 Å². The molecule has 0 saturated heterocycles. The standard InChI is InChI=1S/C26H47NO6/c1-2-3-4-5-6-7-8-9-10-11-12-13-14-15-16-20-27(21-17-24(28)29,22-18-25(30)31)23-19-26(32)33/h13-14H,2-12,15-23H2,1H3,(H2-,28,29,30,31,32,33)/p+1/b14-13+. The van der Waals surface area contributed by atoms with Gasteiger partial charge < -0.3 is 19.8 Å². The van der Waals surface area contributed by atoms with Gasteiger partial charge in [-0.2, -0.15) is 0 Å². The Bertz CT molecular complexity index is 515. The van der Waals surface area contributed by atoms with Gasteiger partial charge in [-0.05, 0) is 19.3 Å². The minimum Gasteiger partial charge on any atom is -0.481 e. The van der Waals surface area contributed by atoms with Crippen LogP contribution in [-0.4, -0.2) is 63.9 Å². The molecule has 0 aliphatic heterocycles. The van der Waals surface area contributed by atoms with Crippen molar-refractivity contribution in [2.45, 2.75) is 110 Å². The molecule has 0 aromatic rings. The topological polar surface area (TPSA) is 112 Å². The zero-order valence-electron chi connectivity index (χ0n) is 20.8. The molecule has 0 radical (unpaired) electrons. The first kappa shape index (κ1) is 31.1. The number of rotatable bonds is 24. The van der Waals surface area contributed by atoms with Crippen molar-refractivity contribution in [3.8, 4) is 0 Å². The average molecular weight is 471 g/mol. The fraction of sp³-hybridized carbons (Fsp3) is 0.808. The van der Waals surface area contributed by atoms with E-state index in [0.29, 0.717) is 6.54 Å². The number of unbranched alkanes of at least 4 members (excludes halogenated alkanes) is 11. The van der Waals surface area contributed by atoms with Crippen LogP contribution in [0.15, 0.2) is 12.2 Å². The highest BCUT2D eigenvalue weighted by atomic mass is 16.4. The zero-order chi connectivity index (χ0) is 24.8. The van der Waals surface area contributed by atoms with E-state index < -0.39 is 17.9 Å². The van der Waals surface area contributed by atoms with Crippen molar-refractivity contribution in [2.24, 2.45) is 0 Å². The van der Waals surface area contributed by atoms with Crippen LogP contribution in [0.5, 0.6) is 0 Å². The molecule has 7 heteroatoms. The number of carbonyl (C=O) groups is 3. The Kier molecular flexibility index (Phi) is 19.5. The molecule has 7 nitrogen and oxygen atoms in total. The summed E-state index contributed by atoms with van der Waals surface area (Å²) in [5.41, 5.74) is 0. The van der Waals surface area contributed by atoms with Crippen molar-refractivity contribution in [1.82, 2.24) is 0 Å². The third-order valence-electron chi connectivity index (χ3n) is 6.29. The van der Waals surface area contributed by atoms with Crippen LogP contribution in [0.2, 0.25) is 0 Å². The average Bonchev–Trinajstić information content (AvgIpc) is 2.76. The molecule has 0 aliphatic rings. The molecule has 0 heterocycles. The summed E-state index contributed by atoms with van der Waals surface area (Å²) in [5, 5.41) is 27.2. The molecule has 33 heavy (non-hydrogen) atoms. The molecular formula is C26H48NO6+. The lowest BCUT2D eigenvalue weighted by atomic mass is 10.1. The van der Waals surface area contributed by atoms with Gasteiger partial charge in [0.15, 0.2) is 0 Å². The fourth-order valence-corrected chi connectivity index (χ4v) is 4.20. The van der Waals surface area contributed by atoms with Crippen molar-refractivity contribution < 1.29 is 34.2 Å². The number of hydrogen-bond acceptors (Lipinski definition) is 3. The number of nitrogens with zero attached hydrogens (tertiary/aromatic N) is 1. The lowest BCUT2D eigenvalue weighted by molar-refractivity contribution is -0.927. The first-order valence-corrected chi connectivity index (χ1v) is 13.0. The summed E-state index contributed by atoms with van der Waals surface area (Å²) < 4.78 is 0.233. The smallest absolute Gasteiger partial charge is 0.309 e. The third-order valence-corrected chi connectivity index (χ3v) is 6.29. The highest BCUT2D eigenvalue weighted by Crippen LogP contribution is 2.16. The molecule has 0 fully saturated rings. The molecule has 0 amide bonds. The van der Waals surface area contributed by atoms with E-state index in [9.17, 15) is 14.4 Å². The summed E-state index contributed by atoms with van der Waals surface area (Å²) in [5.74, 6) is -2.83. The molecule has 0 spiro atoms. The van der Waals surface area contributed by atoms with Crippen molar-refractivity contribution in [2.75, 3.05) is 26.2 Å². The van der Waals surface area contributed by atoms with E-state index >= 15 is 0 Å². The van der Waals surface area contributed by atoms with Gasteiger partial charge in [-0.1, -0.05) is 76.9 Å². The minimum absolute atomic E-state index is 0.0895. The molecule has 0 aliphatic carbocycles. The van der Waals surface area contributed by atoms with Crippen LogP contribution in [0.3, 0.4) is 0 Å². The van der Waals surface area contributed by atoms with Gasteiger partial charge in [0.1, 0.15) is 0 Å². The maximum Gasteiger partial charge on any atom is 0.309 e. The lowest BCUT2D eigenvalue weighted by Gasteiger charge is -2.38. The van der Waals surface area contributed by atoms with Gasteiger partial charge in [0.2, 0.25) is 0 Å². The maximum atomic E-state index is 11.1. The number of hydrogen-bond donors (Lipinski definition) is 3. The van der Waals surface area contributed by atoms with E-state index in [1.54, 1.807) is 0 Å². The Hall–Kier alpha value is -1.89. The van der Waals surface area contributed by atoms with E-state index in [1.165, 1.54) is 64.2 Å². The monoisotopic (exact) mass is 470 g/mol. The van der Waals surface area contributed by atoms with Gasteiger partial charge in [0.05, 0.1) is 45.4 Å². The van der Waals surface area contributed by atoms with Crippen molar-refractivity contribution in [3.63, 3.8) is 0 Å². The molecule has 0 aromatic carbocycles. The number of quaternary nitrogens is 1. The molecule has 0 aromatic heterocycles. The molecule has 0 saturated carbocycles. The van der Waals surface area contributed by atoms with Crippen molar-refractivity contribution >= 4 is 17.9 Å². The molecule has 0 bridgehead atoms. The van der Waals surface area contributed by atoms with E-state index in [1.807, 2.05) is 0 Å². The second kappa shape index (κ2) is 20.7. The zero-order valence-corrected chi connectivity index (χ0v) is 20.8. The Morgan fingerprint density at radius 2 is 0.909 bits per heavy atom. The van der Waals surface area contributed by atoms with E-state index in [4.69, 9.17) is 15.3 Å². The van der Waals surface area contributed by atoms with E-state index in [0.717, 1.165) is 19.3 Å². The molecule has 0 rings (SSSR count). The van der Waals surface area contributed by atoms with Crippen molar-refractivity contribution in [3.05, 3.63) is 12.2 Å². The number of allylic oxidation sites excluding steroid dienone is 2. The number of carboxylic acids is 3. The van der Waals surface area contributed by atoms with Crippen LogP contribution in [0, 0.1) is 0 Å². The van der Waals surface area contributed by atoms with Gasteiger partial charge in [-0.25, -0.2) is 0 Å². The highest BCUT2D eigenvalue weighted by molar-refractivity contribution is 5.67. The summed E-state index contributed by atoms with van der Waals surface area (Å²) in [6, 6.07) is 0. The fourth-order valence-electron chi connectivity index (χ4n) is 4.20. The first-order chi connectivity index (χ1) is 15.8. The summed E-state index contributed by atoms with van der Waals surface area (Å²) in [6.07, 6.45) is 20.0. The second-order valence-electron chi connectivity index (χ2n) is 9.25. The van der Waals surface area contributed by atoms with Gasteiger partial charge in [0.25, 0.3) is 0 Å². The van der Waals surface area contributed by atoms with Crippen molar-refractivity contribution in [1.29, 1.82) is 0 Å². The van der Waals surface area contributed by atoms with Crippen LogP contribution in [0.25, 0.3) is 0 Å². The van der Waals surface area contributed by atoms with Crippen LogP contribution in [0.1, 0.15) is 110 Å². The lowest BCUT2D eigenvalue weighted by Crippen LogP contribution is -2.52. The maximum absolute atomic E-state index is 11.1. The summed E-state index contributed by atoms with van der Waals surface area (Å²) in [4.78, 5) is 33.2. The Balaban J connectivity index is 4.23. The number of carboxylic acid groups (broad SMARTS) is 3. The molecular weight excluding hydrogens is 422 g/mol. The Morgan fingerprint density at radius 3 is 1.30 bits per heavy atom. The summed E-state index contributed by atoms with van der Waals surface area (Å²) >= 11 is 0. The summed E-state index contributed by atoms with van der Waals surface area (Å²) in [7, 11) is 0. The first-order valence-electron chi connectivity index (χ1n) is 13.0. The molecule has 192 valence electrons. The van der Waals surface area contributed by atoms with Crippen LogP contribution in [-0.2, 0) is 14.4 Å². The minimum atomic E-state index is -0.945. The van der Waals surface area contributed by atoms with Gasteiger partial charge in [0, 0.05) is 6.42 Å². The molecule has 3 N–H and O–H groups in total. The second-order valence-corrected chi connectivity index (χ2v) is 9.25. The molecule has 0 atom stereocenters. The SMILES string of the molecule is CCCCCCCCCCCC/C=C/CCC[N+](CCC(=O)O)(CCC(=O)O)CCC(=O)O. The Morgan fingerprint density at radius 1 is 0.545 bits per heavy atom. The van der Waals surface area contributed by atoms with Gasteiger partial charge >= 0.3 is 17.9 Å². The predicted molar refractivity (Wildman–Crippen MR) is 131 cm³/mol. The van der Waals surface area contributed by atoms with Crippen LogP contribution >= 0.6 is 0 Å². The van der Waals surface area contributed by atoms with E-state index in [-0.39, 0.29) is 43.4 Å².